The van der Waals surface area contributed by atoms with Gasteiger partial charge in [-0.05, 0) is 31.9 Å². The van der Waals surface area contributed by atoms with Crippen LogP contribution in [-0.2, 0) is 11.2 Å². The van der Waals surface area contributed by atoms with Crippen molar-refractivity contribution in [3.8, 4) is 0 Å². The average molecular weight is 256 g/mol. The van der Waals surface area contributed by atoms with Gasteiger partial charge in [0.05, 0.1) is 6.10 Å². The largest absolute Gasteiger partial charge is 0.378 e. The molecule has 3 atom stereocenters. The van der Waals surface area contributed by atoms with Crippen LogP contribution in [0.1, 0.15) is 18.9 Å². The fraction of sp³-hybridized carbons (Fsp3) is 0.538. The van der Waals surface area contributed by atoms with Gasteiger partial charge in [-0.3, -0.25) is 11.3 Å². The molecule has 2 rings (SSSR count). The summed E-state index contributed by atoms with van der Waals surface area (Å²) in [5.74, 6) is 4.64. The first-order valence-electron chi connectivity index (χ1n) is 6.14. The number of halogens is 2. The van der Waals surface area contributed by atoms with E-state index < -0.39 is 11.6 Å². The third kappa shape index (κ3) is 2.68. The van der Waals surface area contributed by atoms with Crippen molar-refractivity contribution in [1.82, 2.24) is 5.43 Å². The molecule has 18 heavy (non-hydrogen) atoms. The normalized spacial score (nSPS) is 25.3. The molecule has 0 spiro atoms. The maximum Gasteiger partial charge on any atom is 0.129 e. The van der Waals surface area contributed by atoms with Crippen LogP contribution in [0.4, 0.5) is 8.78 Å². The van der Waals surface area contributed by atoms with Crippen LogP contribution in [-0.4, -0.2) is 18.8 Å². The van der Waals surface area contributed by atoms with Gasteiger partial charge in [0.15, 0.2) is 0 Å². The number of nitrogens with one attached hydrogen (secondary N) is 1. The maximum atomic E-state index is 13.6. The summed E-state index contributed by atoms with van der Waals surface area (Å²) in [6.45, 7) is 2.63. The van der Waals surface area contributed by atoms with E-state index in [0.29, 0.717) is 6.61 Å². The monoisotopic (exact) mass is 256 g/mol. The molecule has 1 fully saturated rings. The Bertz CT molecular complexity index is 394. The average Bonchev–Trinajstić information content (AvgIpc) is 2.76. The van der Waals surface area contributed by atoms with Gasteiger partial charge in [0.1, 0.15) is 11.6 Å². The molecule has 1 aromatic carbocycles. The van der Waals surface area contributed by atoms with Crippen LogP contribution in [0.3, 0.4) is 0 Å². The van der Waals surface area contributed by atoms with E-state index in [1.54, 1.807) is 0 Å². The number of benzene rings is 1. The Kier molecular flexibility index (Phi) is 4.27. The Hall–Kier alpha value is -1.04. The summed E-state index contributed by atoms with van der Waals surface area (Å²) >= 11 is 0. The molecule has 0 aromatic heterocycles. The van der Waals surface area contributed by atoms with Crippen molar-refractivity contribution < 1.29 is 13.5 Å². The number of hydrogen-bond donors (Lipinski definition) is 2. The minimum absolute atomic E-state index is 0.0564. The smallest absolute Gasteiger partial charge is 0.129 e. The standard InChI is InChI=1S/C13H18F2N2O/c1-8-9(5-6-18-8)13(17-16)7-10-11(14)3-2-4-12(10)15/h2-4,8-9,13,17H,5-7,16H2,1H3. The zero-order valence-electron chi connectivity index (χ0n) is 10.3. The molecule has 3 nitrogen and oxygen atoms in total. The minimum Gasteiger partial charge on any atom is -0.378 e. The number of ether oxygens (including phenoxy) is 1. The van der Waals surface area contributed by atoms with Crippen molar-refractivity contribution >= 4 is 0 Å². The van der Waals surface area contributed by atoms with Crippen LogP contribution in [0, 0.1) is 17.6 Å². The van der Waals surface area contributed by atoms with Gasteiger partial charge in [0.25, 0.3) is 0 Å². The fourth-order valence-corrected chi connectivity index (χ4v) is 2.56. The molecule has 5 heteroatoms. The molecule has 1 heterocycles. The molecule has 0 saturated carbocycles. The first-order chi connectivity index (χ1) is 8.63. The van der Waals surface area contributed by atoms with Gasteiger partial charge in [0.2, 0.25) is 0 Å². The quantitative estimate of drug-likeness (QED) is 0.637. The fourth-order valence-electron chi connectivity index (χ4n) is 2.56. The summed E-state index contributed by atoms with van der Waals surface area (Å²) in [7, 11) is 0. The van der Waals surface area contributed by atoms with Crippen molar-refractivity contribution in [2.45, 2.75) is 31.9 Å². The highest BCUT2D eigenvalue weighted by atomic mass is 19.1. The molecule has 0 bridgehead atoms. The van der Waals surface area contributed by atoms with E-state index >= 15 is 0 Å². The first-order valence-corrected chi connectivity index (χ1v) is 6.14. The van der Waals surface area contributed by atoms with Crippen molar-refractivity contribution in [2.24, 2.45) is 11.8 Å². The van der Waals surface area contributed by atoms with Gasteiger partial charge in [-0.2, -0.15) is 0 Å². The van der Waals surface area contributed by atoms with Gasteiger partial charge in [-0.15, -0.1) is 0 Å². The highest BCUT2D eigenvalue weighted by Gasteiger charge is 2.32. The summed E-state index contributed by atoms with van der Waals surface area (Å²) in [4.78, 5) is 0. The van der Waals surface area contributed by atoms with Gasteiger partial charge in [-0.25, -0.2) is 8.78 Å². The molecule has 100 valence electrons. The number of nitrogens with two attached hydrogens (primary N) is 1. The van der Waals surface area contributed by atoms with Gasteiger partial charge in [0, 0.05) is 24.1 Å². The zero-order valence-corrected chi connectivity index (χ0v) is 10.3. The van der Waals surface area contributed by atoms with Crippen LogP contribution in [0.25, 0.3) is 0 Å². The zero-order chi connectivity index (χ0) is 13.1. The third-order valence-corrected chi connectivity index (χ3v) is 3.65. The molecule has 1 aliphatic rings. The lowest BCUT2D eigenvalue weighted by molar-refractivity contribution is 0.0951. The predicted molar refractivity (Wildman–Crippen MR) is 64.7 cm³/mol. The minimum atomic E-state index is -0.526. The second kappa shape index (κ2) is 5.73. The molecular weight excluding hydrogens is 238 g/mol. The van der Waals surface area contributed by atoms with E-state index in [1.165, 1.54) is 18.2 Å². The van der Waals surface area contributed by atoms with E-state index in [9.17, 15) is 8.78 Å². The van der Waals surface area contributed by atoms with Crippen LogP contribution >= 0.6 is 0 Å². The lowest BCUT2D eigenvalue weighted by Gasteiger charge is -2.25. The maximum absolute atomic E-state index is 13.6. The molecule has 0 radical (unpaired) electrons. The van der Waals surface area contributed by atoms with Crippen LogP contribution in [0.15, 0.2) is 18.2 Å². The highest BCUT2D eigenvalue weighted by Crippen LogP contribution is 2.26. The van der Waals surface area contributed by atoms with Gasteiger partial charge >= 0.3 is 0 Å². The Morgan fingerprint density at radius 1 is 1.44 bits per heavy atom. The molecule has 1 aliphatic heterocycles. The lowest BCUT2D eigenvalue weighted by Crippen LogP contribution is -2.45. The van der Waals surface area contributed by atoms with Crippen molar-refractivity contribution in [3.05, 3.63) is 35.4 Å². The van der Waals surface area contributed by atoms with Crippen molar-refractivity contribution in [1.29, 1.82) is 0 Å². The summed E-state index contributed by atoms with van der Waals surface area (Å²) in [5, 5.41) is 0. The Morgan fingerprint density at radius 2 is 2.11 bits per heavy atom. The van der Waals surface area contributed by atoms with Crippen LogP contribution in [0.5, 0.6) is 0 Å². The highest BCUT2D eigenvalue weighted by molar-refractivity contribution is 5.21. The predicted octanol–water partition coefficient (Wildman–Crippen LogP) is 1.76. The molecular formula is C13H18F2N2O. The van der Waals surface area contributed by atoms with Gasteiger partial charge < -0.3 is 4.74 Å². The number of hydrazine groups is 1. The summed E-state index contributed by atoms with van der Waals surface area (Å²) in [6.07, 6.45) is 1.14. The van der Waals surface area contributed by atoms with E-state index in [2.05, 4.69) is 5.43 Å². The van der Waals surface area contributed by atoms with E-state index in [-0.39, 0.29) is 30.0 Å². The topological polar surface area (TPSA) is 47.3 Å². The summed E-state index contributed by atoms with van der Waals surface area (Å²) in [5.41, 5.74) is 2.75. The third-order valence-electron chi connectivity index (χ3n) is 3.65. The summed E-state index contributed by atoms with van der Waals surface area (Å²) in [6, 6.07) is 3.70. The first kappa shape index (κ1) is 13.4. The van der Waals surface area contributed by atoms with E-state index in [1.807, 2.05) is 6.92 Å². The number of hydrogen-bond acceptors (Lipinski definition) is 3. The lowest BCUT2D eigenvalue weighted by atomic mass is 9.89. The Morgan fingerprint density at radius 3 is 2.61 bits per heavy atom. The molecule has 0 aliphatic carbocycles. The summed E-state index contributed by atoms with van der Waals surface area (Å²) < 4.78 is 32.6. The van der Waals surface area contributed by atoms with E-state index in [0.717, 1.165) is 6.42 Å². The van der Waals surface area contributed by atoms with Crippen LogP contribution in [0.2, 0.25) is 0 Å². The molecule has 0 amide bonds. The molecule has 3 N–H and O–H groups in total. The Balaban J connectivity index is 2.15. The molecule has 1 saturated heterocycles. The second-order valence-electron chi connectivity index (χ2n) is 4.71. The molecule has 1 aromatic rings. The second-order valence-corrected chi connectivity index (χ2v) is 4.71. The SMILES string of the molecule is CC1OCCC1C(Cc1c(F)cccc1F)NN. The van der Waals surface area contributed by atoms with Gasteiger partial charge in [-0.1, -0.05) is 6.07 Å². The van der Waals surface area contributed by atoms with Crippen LogP contribution < -0.4 is 11.3 Å². The van der Waals surface area contributed by atoms with E-state index in [4.69, 9.17) is 10.6 Å². The van der Waals surface area contributed by atoms with Crippen molar-refractivity contribution in [3.63, 3.8) is 0 Å². The molecule has 3 unspecified atom stereocenters. The van der Waals surface area contributed by atoms with Crippen molar-refractivity contribution in [2.75, 3.05) is 6.61 Å². The Labute approximate surface area is 105 Å². The number of rotatable bonds is 4.